The molecule has 0 amide bonds. The number of imidazole rings is 1. The van der Waals surface area contributed by atoms with Crippen LogP contribution >= 0.6 is 11.6 Å². The van der Waals surface area contributed by atoms with E-state index in [-0.39, 0.29) is 22.3 Å². The number of aliphatic hydroxyl groups is 2. The minimum Gasteiger partial charge on any atom is -0.479 e. The number of halogens is 1. The molecule has 4 atom stereocenters. The first kappa shape index (κ1) is 23.4. The van der Waals surface area contributed by atoms with Crippen molar-refractivity contribution < 1.29 is 39.5 Å². The molecule has 170 valence electrons. The first-order chi connectivity index (χ1) is 15.0. The molecule has 6 N–H and O–H groups in total. The maximum Gasteiger partial charge on any atom is 0.348 e. The van der Waals surface area contributed by atoms with Gasteiger partial charge in [0.15, 0.2) is 23.3 Å². The quantitative estimate of drug-likeness (QED) is 0.140. The van der Waals surface area contributed by atoms with Gasteiger partial charge in [-0.1, -0.05) is 12.0 Å². The Bertz CT molecular complexity index is 1120. The number of aliphatic carboxylic acids is 2. The molecule has 1 fully saturated rings. The smallest absolute Gasteiger partial charge is 0.348 e. The van der Waals surface area contributed by atoms with Gasteiger partial charge in [-0.15, -0.1) is 13.0 Å². The Morgan fingerprint density at radius 2 is 2.12 bits per heavy atom. The van der Waals surface area contributed by atoms with Crippen molar-refractivity contribution in [1.82, 2.24) is 19.5 Å². The van der Waals surface area contributed by atoms with Gasteiger partial charge in [0.05, 0.1) is 12.9 Å². The minimum atomic E-state index is -2.71. The first-order valence-electron chi connectivity index (χ1n) is 8.92. The normalized spacial score (nSPS) is 25.5. The van der Waals surface area contributed by atoms with Crippen LogP contribution < -0.4 is 5.73 Å². The molecule has 32 heavy (non-hydrogen) atoms. The fraction of sp³-hybridized carbons (Fsp3) is 0.389. The van der Waals surface area contributed by atoms with E-state index < -0.39 is 54.6 Å². The average Bonchev–Trinajstić information content (AvgIpc) is 3.25. The monoisotopic (exact) mass is 467 g/mol. The first-order valence-corrected chi connectivity index (χ1v) is 9.30. The Morgan fingerprint density at radius 3 is 2.69 bits per heavy atom. The van der Waals surface area contributed by atoms with Crippen molar-refractivity contribution in [1.29, 1.82) is 0 Å². The lowest BCUT2D eigenvalue weighted by atomic mass is 9.93. The number of aromatic nitrogens is 4. The molecule has 0 unspecified atom stereocenters. The molecule has 1 aliphatic rings. The molecule has 1 saturated heterocycles. The van der Waals surface area contributed by atoms with E-state index in [1.165, 1.54) is 10.9 Å². The number of hydrogen-bond donors (Lipinski definition) is 5. The molecular weight excluding hydrogens is 450 g/mol. The molecule has 0 bridgehead atoms. The molecule has 0 saturated carbocycles. The molecular formula is C18H18ClN5O8. The lowest BCUT2D eigenvalue weighted by Crippen LogP contribution is -2.53. The Kier molecular flexibility index (Phi) is 6.09. The van der Waals surface area contributed by atoms with Crippen molar-refractivity contribution in [3.05, 3.63) is 24.3 Å². The van der Waals surface area contributed by atoms with Crippen LogP contribution in [0.1, 0.15) is 12.6 Å². The summed E-state index contributed by atoms with van der Waals surface area (Å²) in [5.74, 6) is -1.65. The molecule has 0 radical (unpaired) electrons. The molecule has 0 spiro atoms. The predicted octanol–water partition coefficient (Wildman–Crippen LogP) is -0.815. The van der Waals surface area contributed by atoms with Gasteiger partial charge in [-0.2, -0.15) is 9.97 Å². The van der Waals surface area contributed by atoms with Crippen molar-refractivity contribution >= 4 is 40.5 Å². The molecule has 0 aliphatic carbocycles. The van der Waals surface area contributed by atoms with Gasteiger partial charge in [0.2, 0.25) is 5.28 Å². The average molecular weight is 468 g/mol. The molecule has 2 aromatic heterocycles. The summed E-state index contributed by atoms with van der Waals surface area (Å²) in [6.45, 7) is 2.53. The zero-order chi connectivity index (χ0) is 23.8. The van der Waals surface area contributed by atoms with Crippen molar-refractivity contribution in [3.8, 4) is 12.3 Å². The van der Waals surface area contributed by atoms with Gasteiger partial charge in [0.25, 0.3) is 5.60 Å². The Balaban J connectivity index is 1.96. The number of terminal acetylenes is 1. The zero-order valence-corrected chi connectivity index (χ0v) is 17.0. The summed E-state index contributed by atoms with van der Waals surface area (Å²) in [4.78, 5) is 35.0. The third-order valence-electron chi connectivity index (χ3n) is 5.05. The molecule has 3 rings (SSSR count). The number of nitrogen functional groups attached to an aromatic ring is 1. The van der Waals surface area contributed by atoms with Crippen LogP contribution in [0.5, 0.6) is 0 Å². The van der Waals surface area contributed by atoms with Crippen LogP contribution in [0.3, 0.4) is 0 Å². The Labute approximate surface area is 185 Å². The lowest BCUT2D eigenvalue weighted by molar-refractivity contribution is -0.190. The summed E-state index contributed by atoms with van der Waals surface area (Å²) < 4.78 is 12.0. The number of carbonyl (C=O) groups is 2. The third kappa shape index (κ3) is 3.53. The van der Waals surface area contributed by atoms with E-state index >= 15 is 0 Å². The number of carboxylic acid groups (broad SMARTS) is 2. The highest BCUT2D eigenvalue weighted by atomic mass is 35.5. The summed E-state index contributed by atoms with van der Waals surface area (Å²) >= 11 is 5.83. The van der Waals surface area contributed by atoms with Crippen LogP contribution in [-0.2, 0) is 19.1 Å². The molecule has 14 heteroatoms. The summed E-state index contributed by atoms with van der Waals surface area (Å²) in [6, 6.07) is 0. The highest BCUT2D eigenvalue weighted by Gasteiger charge is 2.57. The van der Waals surface area contributed by atoms with Crippen LogP contribution in [0, 0.1) is 12.3 Å². The summed E-state index contributed by atoms with van der Waals surface area (Å²) in [5.41, 5.74) is 0.854. The van der Waals surface area contributed by atoms with Gasteiger partial charge >= 0.3 is 11.9 Å². The van der Waals surface area contributed by atoms with Gasteiger partial charge in [-0.3, -0.25) is 4.57 Å². The van der Waals surface area contributed by atoms with Gasteiger partial charge in [0.1, 0.15) is 17.7 Å². The Morgan fingerprint density at radius 1 is 1.47 bits per heavy atom. The second kappa shape index (κ2) is 8.34. The molecule has 13 nitrogen and oxygen atoms in total. The van der Waals surface area contributed by atoms with Crippen LogP contribution in [0.25, 0.3) is 11.2 Å². The third-order valence-corrected chi connectivity index (χ3v) is 5.21. The van der Waals surface area contributed by atoms with Crippen LogP contribution in [0.4, 0.5) is 5.82 Å². The van der Waals surface area contributed by atoms with Crippen LogP contribution in [-0.4, -0.2) is 81.9 Å². The zero-order valence-electron chi connectivity index (χ0n) is 16.3. The number of rotatable bonds is 8. The summed E-state index contributed by atoms with van der Waals surface area (Å²) in [5, 5.41) is 40.2. The summed E-state index contributed by atoms with van der Waals surface area (Å²) in [7, 11) is 0. The van der Waals surface area contributed by atoms with E-state index in [0.717, 1.165) is 6.08 Å². The van der Waals surface area contributed by atoms with E-state index in [4.69, 9.17) is 33.2 Å². The molecule has 2 aromatic rings. The van der Waals surface area contributed by atoms with Crippen LogP contribution in [0.2, 0.25) is 5.28 Å². The molecule has 1 aliphatic heterocycles. The highest BCUT2D eigenvalue weighted by Crippen LogP contribution is 2.39. The fourth-order valence-corrected chi connectivity index (χ4v) is 3.45. The highest BCUT2D eigenvalue weighted by molar-refractivity contribution is 6.28. The van der Waals surface area contributed by atoms with Gasteiger partial charge < -0.3 is 35.6 Å². The number of ether oxygens (including phenoxy) is 2. The fourth-order valence-electron chi connectivity index (χ4n) is 3.28. The van der Waals surface area contributed by atoms with E-state index in [2.05, 4.69) is 21.5 Å². The molecule has 3 heterocycles. The topological polar surface area (TPSA) is 203 Å². The van der Waals surface area contributed by atoms with Crippen LogP contribution in [0.15, 0.2) is 19.0 Å². The number of nitrogens with two attached hydrogens (primary N) is 1. The molecule has 0 aromatic carbocycles. The SMILES string of the molecule is C#C[C@@]1(O)[C@@H](COC(CC=C)(C(=O)O)C(=O)O)O[C@@H](n2cnc3c(N)nc(Cl)nc32)[C@@H]1O. The number of aliphatic hydroxyl groups excluding tert-OH is 1. The summed E-state index contributed by atoms with van der Waals surface area (Å²) in [6.07, 6.45) is 2.35. The van der Waals surface area contributed by atoms with Gasteiger partial charge in [-0.05, 0) is 11.6 Å². The Hall–Kier alpha value is -3.28. The standard InChI is InChI=1S/C18H18ClN5O8/c1-3-5-18(14(26)27,15(28)29)31-6-8-17(30,4-2)10(25)13(32-8)24-7-21-9-11(20)22-16(19)23-12(9)24/h2-3,7-8,10,13,25,30H,1,5-6H2,(H,26,27)(H,28,29)(H2,20,22,23)/t8-,10+,13-,17-/m1/s1. The lowest BCUT2D eigenvalue weighted by Gasteiger charge is -2.29. The second-order valence-electron chi connectivity index (χ2n) is 6.87. The van der Waals surface area contributed by atoms with Crippen molar-refractivity contribution in [2.24, 2.45) is 0 Å². The minimum absolute atomic E-state index is 0.0459. The van der Waals surface area contributed by atoms with Crippen molar-refractivity contribution in [3.63, 3.8) is 0 Å². The largest absolute Gasteiger partial charge is 0.479 e. The number of hydrogen-bond acceptors (Lipinski definition) is 10. The van der Waals surface area contributed by atoms with E-state index in [9.17, 15) is 30.0 Å². The number of nitrogens with zero attached hydrogens (tertiary/aromatic N) is 4. The number of fused-ring (bicyclic) bond motifs is 1. The maximum atomic E-state index is 11.6. The van der Waals surface area contributed by atoms with Gasteiger partial charge in [0, 0.05) is 6.42 Å². The predicted molar refractivity (Wildman–Crippen MR) is 107 cm³/mol. The maximum absolute atomic E-state index is 11.6. The van der Waals surface area contributed by atoms with Crippen molar-refractivity contribution in [2.45, 2.75) is 36.1 Å². The second-order valence-corrected chi connectivity index (χ2v) is 7.21. The number of anilines is 1. The van der Waals surface area contributed by atoms with Gasteiger partial charge in [-0.25, -0.2) is 14.6 Å². The van der Waals surface area contributed by atoms with E-state index in [1.54, 1.807) is 0 Å². The number of carboxylic acids is 2. The van der Waals surface area contributed by atoms with Crippen molar-refractivity contribution in [2.75, 3.05) is 12.3 Å². The van der Waals surface area contributed by atoms with E-state index in [0.29, 0.717) is 0 Å². The van der Waals surface area contributed by atoms with E-state index in [1.807, 2.05) is 5.92 Å².